The quantitative estimate of drug-likeness (QED) is 0.610. The standard InChI is InChI=1S/C23H32NOP/c1-2-12-21(19-20-13-6-3-7-14-20)24-26(25,22-15-8-4-9-16-22)23-17-10-5-11-18-23/h4-5,8-11,15-18,20-21H,2-3,6-7,12-14,19H2,1H3,(H,24,25)/t21-/m0/s1. The first-order chi connectivity index (χ1) is 12.7. The number of benzene rings is 2. The number of hydrogen-bond acceptors (Lipinski definition) is 1. The van der Waals surface area contributed by atoms with Crippen molar-refractivity contribution in [3.8, 4) is 0 Å². The highest BCUT2D eigenvalue weighted by atomic mass is 31.2. The van der Waals surface area contributed by atoms with Gasteiger partial charge in [-0.2, -0.15) is 0 Å². The Morgan fingerprint density at radius 1 is 0.923 bits per heavy atom. The zero-order chi connectivity index (χ0) is 18.2. The highest BCUT2D eigenvalue weighted by Crippen LogP contribution is 2.41. The first-order valence-electron chi connectivity index (χ1n) is 10.2. The maximum absolute atomic E-state index is 14.2. The van der Waals surface area contributed by atoms with Crippen LogP contribution in [0.1, 0.15) is 58.3 Å². The highest BCUT2D eigenvalue weighted by Gasteiger charge is 2.31. The second-order valence-electron chi connectivity index (χ2n) is 7.63. The van der Waals surface area contributed by atoms with Crippen LogP contribution in [-0.2, 0) is 4.57 Å². The third-order valence-corrected chi connectivity index (χ3v) is 8.36. The van der Waals surface area contributed by atoms with E-state index in [-0.39, 0.29) is 0 Å². The smallest absolute Gasteiger partial charge is 0.204 e. The summed E-state index contributed by atoms with van der Waals surface area (Å²) in [5.74, 6) is 0.785. The van der Waals surface area contributed by atoms with Crippen molar-refractivity contribution in [3.05, 3.63) is 60.7 Å². The van der Waals surface area contributed by atoms with E-state index in [0.717, 1.165) is 35.8 Å². The molecule has 0 amide bonds. The third kappa shape index (κ3) is 4.87. The molecule has 1 aliphatic carbocycles. The Morgan fingerprint density at radius 2 is 1.46 bits per heavy atom. The summed E-state index contributed by atoms with van der Waals surface area (Å²) in [6.07, 6.45) is 10.1. The number of hydrogen-bond donors (Lipinski definition) is 1. The van der Waals surface area contributed by atoms with Crippen molar-refractivity contribution in [1.29, 1.82) is 0 Å². The molecule has 0 unspecified atom stereocenters. The van der Waals surface area contributed by atoms with Gasteiger partial charge in [-0.15, -0.1) is 0 Å². The molecule has 140 valence electrons. The molecular formula is C23H32NOP. The van der Waals surface area contributed by atoms with Crippen LogP contribution in [0.15, 0.2) is 60.7 Å². The summed E-state index contributed by atoms with van der Waals surface area (Å²) in [7, 11) is -2.83. The Bertz CT molecular complexity index is 651. The molecule has 3 rings (SSSR count). The Kier molecular flexibility index (Phi) is 7.11. The van der Waals surface area contributed by atoms with Gasteiger partial charge in [-0.3, -0.25) is 9.65 Å². The zero-order valence-electron chi connectivity index (χ0n) is 15.9. The van der Waals surface area contributed by atoms with Crippen LogP contribution in [0.5, 0.6) is 0 Å². The minimum atomic E-state index is -2.83. The Labute approximate surface area is 158 Å². The summed E-state index contributed by atoms with van der Waals surface area (Å²) in [5.41, 5.74) is 0. The second kappa shape index (κ2) is 9.53. The molecular weight excluding hydrogens is 337 g/mol. The van der Waals surface area contributed by atoms with Crippen LogP contribution in [0, 0.1) is 5.92 Å². The van der Waals surface area contributed by atoms with Gasteiger partial charge in [0, 0.05) is 16.7 Å². The van der Waals surface area contributed by atoms with Gasteiger partial charge in [-0.25, -0.2) is 0 Å². The average molecular weight is 369 g/mol. The van der Waals surface area contributed by atoms with Crippen LogP contribution in [0.3, 0.4) is 0 Å². The monoisotopic (exact) mass is 369 g/mol. The summed E-state index contributed by atoms with van der Waals surface area (Å²) in [6, 6.07) is 20.3. The van der Waals surface area contributed by atoms with Crippen molar-refractivity contribution in [1.82, 2.24) is 5.09 Å². The fourth-order valence-corrected chi connectivity index (χ4v) is 6.77. The Hall–Kier alpha value is -1.37. The first kappa shape index (κ1) is 19.4. The summed E-state index contributed by atoms with van der Waals surface area (Å²) in [4.78, 5) is 0. The average Bonchev–Trinajstić information content (AvgIpc) is 2.70. The highest BCUT2D eigenvalue weighted by molar-refractivity contribution is 7.76. The third-order valence-electron chi connectivity index (χ3n) is 5.58. The molecule has 2 nitrogen and oxygen atoms in total. The van der Waals surface area contributed by atoms with E-state index in [1.165, 1.54) is 32.1 Å². The van der Waals surface area contributed by atoms with Gasteiger partial charge < -0.3 is 0 Å². The lowest BCUT2D eigenvalue weighted by Gasteiger charge is -2.31. The van der Waals surface area contributed by atoms with Crippen molar-refractivity contribution in [2.45, 2.75) is 64.3 Å². The zero-order valence-corrected chi connectivity index (χ0v) is 16.8. The molecule has 0 aliphatic heterocycles. The molecule has 1 saturated carbocycles. The second-order valence-corrected chi connectivity index (χ2v) is 10.1. The molecule has 1 aliphatic rings. The Balaban J connectivity index is 1.86. The molecule has 0 radical (unpaired) electrons. The van der Waals surface area contributed by atoms with Crippen molar-refractivity contribution in [2.75, 3.05) is 0 Å². The van der Waals surface area contributed by atoms with Gasteiger partial charge in [0.05, 0.1) is 0 Å². The van der Waals surface area contributed by atoms with Crippen LogP contribution < -0.4 is 15.7 Å². The van der Waals surface area contributed by atoms with E-state index < -0.39 is 7.29 Å². The van der Waals surface area contributed by atoms with Crippen molar-refractivity contribution < 1.29 is 4.57 Å². The molecule has 2 aromatic rings. The molecule has 26 heavy (non-hydrogen) atoms. The van der Waals surface area contributed by atoms with Crippen LogP contribution in [0.25, 0.3) is 0 Å². The normalized spacial score (nSPS) is 17.1. The van der Waals surface area contributed by atoms with E-state index in [9.17, 15) is 4.57 Å². The lowest BCUT2D eigenvalue weighted by Crippen LogP contribution is -2.36. The molecule has 1 atom stereocenters. The number of rotatable bonds is 8. The van der Waals surface area contributed by atoms with Crippen molar-refractivity contribution in [3.63, 3.8) is 0 Å². The molecule has 0 spiro atoms. The fraction of sp³-hybridized carbons (Fsp3) is 0.478. The lowest BCUT2D eigenvalue weighted by molar-refractivity contribution is 0.304. The Morgan fingerprint density at radius 3 is 1.96 bits per heavy atom. The maximum atomic E-state index is 14.2. The molecule has 0 saturated heterocycles. The molecule has 0 heterocycles. The summed E-state index contributed by atoms with van der Waals surface area (Å²) < 4.78 is 14.2. The van der Waals surface area contributed by atoms with E-state index >= 15 is 0 Å². The summed E-state index contributed by atoms with van der Waals surface area (Å²) in [6.45, 7) is 2.23. The van der Waals surface area contributed by atoms with E-state index in [2.05, 4.69) is 12.0 Å². The van der Waals surface area contributed by atoms with Gasteiger partial charge >= 0.3 is 0 Å². The first-order valence-corrected chi connectivity index (χ1v) is 11.9. The molecule has 0 bridgehead atoms. The van der Waals surface area contributed by atoms with Gasteiger partial charge in [0.2, 0.25) is 7.29 Å². The minimum Gasteiger partial charge on any atom is -0.297 e. The van der Waals surface area contributed by atoms with Crippen LogP contribution in [0.2, 0.25) is 0 Å². The van der Waals surface area contributed by atoms with Gasteiger partial charge in [0.15, 0.2) is 0 Å². The summed E-state index contributed by atoms with van der Waals surface area (Å²) in [5, 5.41) is 5.49. The van der Waals surface area contributed by atoms with Gasteiger partial charge in [-0.1, -0.05) is 81.8 Å². The van der Waals surface area contributed by atoms with E-state index in [1.807, 2.05) is 60.7 Å². The molecule has 1 fully saturated rings. The van der Waals surface area contributed by atoms with Crippen LogP contribution in [-0.4, -0.2) is 6.04 Å². The van der Waals surface area contributed by atoms with Crippen LogP contribution in [0.4, 0.5) is 0 Å². The molecule has 1 N–H and O–H groups in total. The SMILES string of the molecule is CCC[C@@H](CC1CCCCC1)NP(=O)(c1ccccc1)c1ccccc1. The van der Waals surface area contributed by atoms with Gasteiger partial charge in [0.25, 0.3) is 0 Å². The fourth-order valence-electron chi connectivity index (χ4n) is 4.24. The molecule has 0 aromatic heterocycles. The van der Waals surface area contributed by atoms with E-state index in [4.69, 9.17) is 0 Å². The maximum Gasteiger partial charge on any atom is 0.204 e. The van der Waals surface area contributed by atoms with E-state index in [0.29, 0.717) is 6.04 Å². The van der Waals surface area contributed by atoms with E-state index in [1.54, 1.807) is 0 Å². The van der Waals surface area contributed by atoms with Crippen molar-refractivity contribution in [2.24, 2.45) is 5.92 Å². The predicted octanol–water partition coefficient (Wildman–Crippen LogP) is 5.64. The lowest BCUT2D eigenvalue weighted by atomic mass is 9.84. The largest absolute Gasteiger partial charge is 0.297 e. The minimum absolute atomic E-state index is 0.314. The van der Waals surface area contributed by atoms with Gasteiger partial charge in [-0.05, 0) is 43.0 Å². The molecule has 3 heteroatoms. The van der Waals surface area contributed by atoms with Gasteiger partial charge in [0.1, 0.15) is 0 Å². The number of nitrogens with one attached hydrogen (secondary N) is 1. The molecule has 2 aromatic carbocycles. The van der Waals surface area contributed by atoms with Crippen molar-refractivity contribution >= 4 is 17.9 Å². The predicted molar refractivity (Wildman–Crippen MR) is 113 cm³/mol. The topological polar surface area (TPSA) is 29.1 Å². The summed E-state index contributed by atoms with van der Waals surface area (Å²) >= 11 is 0. The van der Waals surface area contributed by atoms with Crippen LogP contribution >= 0.6 is 7.29 Å².